The number of nitrogen functional groups attached to an aromatic ring is 1. The van der Waals surface area contributed by atoms with Crippen molar-refractivity contribution in [3.63, 3.8) is 0 Å². The van der Waals surface area contributed by atoms with E-state index in [1.165, 1.54) is 36.8 Å². The zero-order valence-corrected chi connectivity index (χ0v) is 12.2. The maximum atomic E-state index is 12.2. The number of fused-ring (bicyclic) bond motifs is 1. The van der Waals surface area contributed by atoms with Gasteiger partial charge in [0.1, 0.15) is 0 Å². The lowest BCUT2D eigenvalue weighted by Gasteiger charge is -2.21. The summed E-state index contributed by atoms with van der Waals surface area (Å²) in [7, 11) is 0. The van der Waals surface area contributed by atoms with Gasteiger partial charge in [0.15, 0.2) is 5.16 Å². The molecule has 1 fully saturated rings. The van der Waals surface area contributed by atoms with Crippen LogP contribution in [0.5, 0.6) is 0 Å². The minimum absolute atomic E-state index is 0.165. The van der Waals surface area contributed by atoms with Crippen molar-refractivity contribution in [3.05, 3.63) is 34.6 Å². The Kier molecular flexibility index (Phi) is 3.96. The van der Waals surface area contributed by atoms with Gasteiger partial charge in [0.05, 0.1) is 10.9 Å². The fraction of sp³-hybridized carbons (Fsp3) is 0.467. The van der Waals surface area contributed by atoms with Gasteiger partial charge in [0.25, 0.3) is 5.56 Å². The maximum Gasteiger partial charge on any atom is 0.280 e. The second-order valence-corrected chi connectivity index (χ2v) is 6.39. The fourth-order valence-corrected chi connectivity index (χ4v) is 3.88. The summed E-state index contributed by atoms with van der Waals surface area (Å²) in [6.07, 6.45) is 6.58. The lowest BCUT2D eigenvalue weighted by atomic mass is 9.91. The first-order valence-electron chi connectivity index (χ1n) is 7.15. The molecule has 0 aliphatic heterocycles. The van der Waals surface area contributed by atoms with E-state index in [4.69, 9.17) is 5.84 Å². The molecule has 106 valence electrons. The number of aromatic nitrogens is 2. The Hall–Kier alpha value is -1.49. The van der Waals surface area contributed by atoms with E-state index < -0.39 is 0 Å². The summed E-state index contributed by atoms with van der Waals surface area (Å²) in [5.74, 6) is 7.62. The lowest BCUT2D eigenvalue weighted by molar-refractivity contribution is 0.390. The Balaban J connectivity index is 1.84. The van der Waals surface area contributed by atoms with Crippen molar-refractivity contribution in [3.8, 4) is 0 Å². The normalized spacial score (nSPS) is 16.6. The van der Waals surface area contributed by atoms with E-state index in [9.17, 15) is 4.79 Å². The van der Waals surface area contributed by atoms with E-state index in [2.05, 4.69) is 4.98 Å². The highest BCUT2D eigenvalue weighted by Crippen LogP contribution is 2.29. The molecule has 4 nitrogen and oxygen atoms in total. The van der Waals surface area contributed by atoms with Crippen molar-refractivity contribution in [2.45, 2.75) is 37.3 Å². The predicted octanol–water partition coefficient (Wildman–Crippen LogP) is 2.78. The summed E-state index contributed by atoms with van der Waals surface area (Å²) in [5, 5.41) is 1.20. The van der Waals surface area contributed by atoms with Gasteiger partial charge in [-0.05, 0) is 30.9 Å². The lowest BCUT2D eigenvalue weighted by Crippen LogP contribution is -2.30. The number of nitrogens with zero attached hydrogens (tertiary/aromatic N) is 2. The molecule has 1 saturated carbocycles. The van der Waals surface area contributed by atoms with Gasteiger partial charge in [-0.3, -0.25) is 4.79 Å². The highest BCUT2D eigenvalue weighted by molar-refractivity contribution is 7.99. The average Bonchev–Trinajstić information content (AvgIpc) is 2.50. The van der Waals surface area contributed by atoms with Crippen molar-refractivity contribution >= 4 is 22.7 Å². The minimum Gasteiger partial charge on any atom is -0.334 e. The molecule has 2 aromatic rings. The van der Waals surface area contributed by atoms with Crippen LogP contribution in [0.3, 0.4) is 0 Å². The number of rotatable bonds is 3. The summed E-state index contributed by atoms with van der Waals surface area (Å²) >= 11 is 1.61. The van der Waals surface area contributed by atoms with Crippen LogP contribution in [0, 0.1) is 5.92 Å². The third-order valence-electron chi connectivity index (χ3n) is 3.95. The fourth-order valence-electron chi connectivity index (χ4n) is 2.77. The standard InChI is InChI=1S/C15H19N3OS/c16-18-14(19)12-8-4-5-9-13(12)17-15(18)20-10-11-6-2-1-3-7-11/h4-5,8-9,11H,1-3,6-7,10,16H2. The van der Waals surface area contributed by atoms with Gasteiger partial charge >= 0.3 is 0 Å². The second kappa shape index (κ2) is 5.87. The first kappa shape index (κ1) is 13.5. The molecule has 0 radical (unpaired) electrons. The largest absolute Gasteiger partial charge is 0.334 e. The van der Waals surface area contributed by atoms with Gasteiger partial charge in [0, 0.05) is 5.75 Å². The van der Waals surface area contributed by atoms with Gasteiger partial charge in [-0.2, -0.15) is 0 Å². The molecule has 0 atom stereocenters. The van der Waals surface area contributed by atoms with E-state index in [1.807, 2.05) is 18.2 Å². The van der Waals surface area contributed by atoms with Crippen molar-refractivity contribution in [1.82, 2.24) is 9.66 Å². The first-order chi connectivity index (χ1) is 9.75. The Morgan fingerprint density at radius 3 is 2.80 bits per heavy atom. The second-order valence-electron chi connectivity index (χ2n) is 5.40. The molecule has 20 heavy (non-hydrogen) atoms. The molecule has 1 aliphatic rings. The zero-order valence-electron chi connectivity index (χ0n) is 11.4. The number of hydrogen-bond donors (Lipinski definition) is 1. The molecule has 0 unspecified atom stereocenters. The Labute approximate surface area is 122 Å². The molecule has 1 heterocycles. The van der Waals surface area contributed by atoms with E-state index in [-0.39, 0.29) is 5.56 Å². The SMILES string of the molecule is Nn1c(SCC2CCCCC2)nc2ccccc2c1=O. The van der Waals surface area contributed by atoms with Gasteiger partial charge in [-0.15, -0.1) is 0 Å². The number of thioether (sulfide) groups is 1. The van der Waals surface area contributed by atoms with Crippen LogP contribution in [0.25, 0.3) is 10.9 Å². The third kappa shape index (κ3) is 2.68. The van der Waals surface area contributed by atoms with Gasteiger partial charge in [-0.1, -0.05) is 43.2 Å². The Morgan fingerprint density at radius 2 is 2.00 bits per heavy atom. The van der Waals surface area contributed by atoms with Crippen LogP contribution in [0.2, 0.25) is 0 Å². The molecule has 0 saturated heterocycles. The Bertz CT molecular complexity index is 662. The van der Waals surface area contributed by atoms with Crippen LogP contribution in [0.4, 0.5) is 0 Å². The summed E-state index contributed by atoms with van der Waals surface area (Å²) in [4.78, 5) is 16.7. The highest BCUT2D eigenvalue weighted by atomic mass is 32.2. The van der Waals surface area contributed by atoms with Gasteiger partial charge in [-0.25, -0.2) is 9.66 Å². The molecule has 3 rings (SSSR count). The Morgan fingerprint density at radius 1 is 1.25 bits per heavy atom. The van der Waals surface area contributed by atoms with Crippen LogP contribution < -0.4 is 11.4 Å². The summed E-state index contributed by atoms with van der Waals surface area (Å²) in [5.41, 5.74) is 0.562. The first-order valence-corrected chi connectivity index (χ1v) is 8.14. The maximum absolute atomic E-state index is 12.2. The number of nitrogens with two attached hydrogens (primary N) is 1. The smallest absolute Gasteiger partial charge is 0.280 e. The van der Waals surface area contributed by atoms with Crippen LogP contribution in [-0.4, -0.2) is 15.4 Å². The highest BCUT2D eigenvalue weighted by Gasteiger charge is 2.16. The topological polar surface area (TPSA) is 60.9 Å². The summed E-state index contributed by atoms with van der Waals surface area (Å²) in [6.45, 7) is 0. The average molecular weight is 289 g/mol. The van der Waals surface area contributed by atoms with Crippen LogP contribution >= 0.6 is 11.8 Å². The van der Waals surface area contributed by atoms with Crippen LogP contribution in [0.15, 0.2) is 34.2 Å². The van der Waals surface area contributed by atoms with Gasteiger partial charge < -0.3 is 5.84 Å². The molecule has 0 bridgehead atoms. The van der Waals surface area contributed by atoms with Crippen molar-refractivity contribution < 1.29 is 0 Å². The van der Waals surface area contributed by atoms with Crippen molar-refractivity contribution in [1.29, 1.82) is 0 Å². The molecular formula is C15H19N3OS. The number of para-hydroxylation sites is 1. The molecule has 1 aromatic heterocycles. The molecular weight excluding hydrogens is 270 g/mol. The minimum atomic E-state index is -0.165. The monoisotopic (exact) mass is 289 g/mol. The summed E-state index contributed by atoms with van der Waals surface area (Å²) < 4.78 is 1.19. The molecule has 0 spiro atoms. The van der Waals surface area contributed by atoms with E-state index in [0.717, 1.165) is 17.2 Å². The molecule has 2 N–H and O–H groups in total. The number of hydrogen-bond acceptors (Lipinski definition) is 4. The van der Waals surface area contributed by atoms with E-state index >= 15 is 0 Å². The molecule has 5 heteroatoms. The van der Waals surface area contributed by atoms with Crippen molar-refractivity contribution in [2.75, 3.05) is 11.6 Å². The van der Waals surface area contributed by atoms with Crippen molar-refractivity contribution in [2.24, 2.45) is 5.92 Å². The van der Waals surface area contributed by atoms with Crippen LogP contribution in [-0.2, 0) is 0 Å². The van der Waals surface area contributed by atoms with Crippen LogP contribution in [0.1, 0.15) is 32.1 Å². The summed E-state index contributed by atoms with van der Waals surface area (Å²) in [6, 6.07) is 7.36. The van der Waals surface area contributed by atoms with E-state index in [0.29, 0.717) is 10.5 Å². The predicted molar refractivity (Wildman–Crippen MR) is 83.5 cm³/mol. The molecule has 1 aromatic carbocycles. The molecule has 1 aliphatic carbocycles. The molecule has 0 amide bonds. The quantitative estimate of drug-likeness (QED) is 0.536. The third-order valence-corrected chi connectivity index (χ3v) is 5.13. The zero-order chi connectivity index (χ0) is 13.9. The number of benzene rings is 1. The van der Waals surface area contributed by atoms with Gasteiger partial charge in [0.2, 0.25) is 0 Å². The van der Waals surface area contributed by atoms with E-state index in [1.54, 1.807) is 17.8 Å².